The molecule has 23 heavy (non-hydrogen) atoms. The number of rotatable bonds is 3. The lowest BCUT2D eigenvalue weighted by Crippen LogP contribution is -2.59. The molecular weight excluding hydrogens is 358 g/mol. The van der Waals surface area contributed by atoms with E-state index in [1.165, 1.54) is 0 Å². The minimum atomic E-state index is -0.418. The van der Waals surface area contributed by atoms with Crippen LogP contribution in [0.25, 0.3) is 11.0 Å². The number of fused-ring (bicyclic) bond motifs is 1. The second-order valence-electron chi connectivity index (χ2n) is 6.37. The summed E-state index contributed by atoms with van der Waals surface area (Å²) in [6.07, 6.45) is 0.682. The standard InChI is InChI=1S/C16H18BrN5O/c1-10-8-13(15(19)23)22(9-10,7-6-18)16-20-14-11(17)4-3-5-12(14)21(16)2/h3-5,10,13H,7-9H2,1-2H3,(H-,19,23)/p+1/t10?,13-,22?/m0/s1. The number of nitrogens with two attached hydrogens (primary N) is 1. The number of imidazole rings is 1. The smallest absolute Gasteiger partial charge is 0.311 e. The average Bonchev–Trinajstić information content (AvgIpc) is 3.00. The molecule has 2 heterocycles. The summed E-state index contributed by atoms with van der Waals surface area (Å²) in [6.45, 7) is 2.97. The summed E-state index contributed by atoms with van der Waals surface area (Å²) in [5, 5.41) is 9.40. The number of hydrogen-bond donors (Lipinski definition) is 1. The highest BCUT2D eigenvalue weighted by atomic mass is 79.9. The molecule has 3 rings (SSSR count). The molecule has 1 aliphatic heterocycles. The van der Waals surface area contributed by atoms with Gasteiger partial charge in [-0.1, -0.05) is 13.0 Å². The van der Waals surface area contributed by atoms with Gasteiger partial charge in [-0.25, -0.2) is 4.48 Å². The number of carbonyl (C=O) groups is 1. The molecule has 2 unspecified atom stereocenters. The Morgan fingerprint density at radius 1 is 1.61 bits per heavy atom. The normalized spacial score (nSPS) is 27.2. The number of carbonyl (C=O) groups excluding carboxylic acids is 1. The number of primary amides is 1. The van der Waals surface area contributed by atoms with Crippen LogP contribution in [0.15, 0.2) is 22.7 Å². The van der Waals surface area contributed by atoms with Gasteiger partial charge in [-0.05, 0) is 28.1 Å². The molecule has 0 spiro atoms. The van der Waals surface area contributed by atoms with Crippen molar-refractivity contribution in [1.82, 2.24) is 14.0 Å². The number of halogens is 1. The number of para-hydroxylation sites is 1. The minimum Gasteiger partial charge on any atom is -0.364 e. The first-order chi connectivity index (χ1) is 10.9. The number of amides is 1. The molecule has 1 aromatic heterocycles. The maximum atomic E-state index is 12.1. The van der Waals surface area contributed by atoms with E-state index >= 15 is 0 Å². The number of likely N-dealkylation sites (tertiary alicyclic amines) is 1. The number of benzene rings is 1. The van der Waals surface area contributed by atoms with Crippen LogP contribution in [-0.4, -0.2) is 34.6 Å². The number of aryl methyl sites for hydroxylation is 1. The van der Waals surface area contributed by atoms with Crippen LogP contribution in [0.3, 0.4) is 0 Å². The van der Waals surface area contributed by atoms with Crippen LogP contribution >= 0.6 is 15.9 Å². The average molecular weight is 377 g/mol. The third-order valence-electron chi connectivity index (χ3n) is 4.78. The van der Waals surface area contributed by atoms with E-state index in [-0.39, 0.29) is 16.9 Å². The molecule has 0 saturated carbocycles. The molecule has 120 valence electrons. The van der Waals surface area contributed by atoms with Gasteiger partial charge < -0.3 is 5.73 Å². The van der Waals surface area contributed by atoms with Gasteiger partial charge in [0.15, 0.2) is 12.6 Å². The molecule has 1 fully saturated rings. The van der Waals surface area contributed by atoms with Crippen molar-refractivity contribution < 1.29 is 4.79 Å². The molecule has 1 saturated heterocycles. The molecule has 1 aliphatic rings. The Morgan fingerprint density at radius 2 is 2.35 bits per heavy atom. The van der Waals surface area contributed by atoms with Gasteiger partial charge in [0.1, 0.15) is 11.6 Å². The van der Waals surface area contributed by atoms with E-state index in [2.05, 4.69) is 28.9 Å². The lowest BCUT2D eigenvalue weighted by molar-refractivity contribution is -0.122. The zero-order valence-electron chi connectivity index (χ0n) is 13.2. The lowest BCUT2D eigenvalue weighted by atomic mass is 10.1. The van der Waals surface area contributed by atoms with Crippen molar-refractivity contribution >= 4 is 38.8 Å². The first kappa shape index (κ1) is 16.0. The molecule has 0 radical (unpaired) electrons. The Labute approximate surface area is 143 Å². The Hall–Kier alpha value is -1.91. The van der Waals surface area contributed by atoms with Gasteiger partial charge in [-0.3, -0.25) is 9.36 Å². The molecule has 1 aromatic carbocycles. The maximum absolute atomic E-state index is 12.1. The van der Waals surface area contributed by atoms with Crippen LogP contribution in [0, 0.1) is 17.2 Å². The Morgan fingerprint density at radius 3 is 2.96 bits per heavy atom. The molecule has 2 aromatic rings. The largest absolute Gasteiger partial charge is 0.364 e. The molecule has 0 bridgehead atoms. The quantitative estimate of drug-likeness (QED) is 0.656. The highest BCUT2D eigenvalue weighted by Crippen LogP contribution is 2.38. The highest BCUT2D eigenvalue weighted by molar-refractivity contribution is 9.10. The van der Waals surface area contributed by atoms with Crippen molar-refractivity contribution in [2.45, 2.75) is 19.4 Å². The molecule has 0 aliphatic carbocycles. The fourth-order valence-corrected chi connectivity index (χ4v) is 4.30. The van der Waals surface area contributed by atoms with Crippen LogP contribution in [0.1, 0.15) is 13.3 Å². The van der Waals surface area contributed by atoms with Crippen LogP contribution in [0.4, 0.5) is 5.95 Å². The number of nitrogens with zero attached hydrogens (tertiary/aromatic N) is 4. The predicted molar refractivity (Wildman–Crippen MR) is 92.3 cm³/mol. The SMILES string of the molecule is CC1C[C@@H](C(N)=O)[N+](CC#N)(c2nc3c(Br)cccc3n2C)C1. The topological polar surface area (TPSA) is 84.7 Å². The van der Waals surface area contributed by atoms with Crippen molar-refractivity contribution in [3.8, 4) is 6.07 Å². The maximum Gasteiger partial charge on any atom is 0.311 e. The van der Waals surface area contributed by atoms with Crippen molar-refractivity contribution in [2.75, 3.05) is 13.1 Å². The fraction of sp³-hybridized carbons (Fsp3) is 0.438. The Balaban J connectivity index is 2.27. The Bertz CT molecular complexity index is 824. The van der Waals surface area contributed by atoms with Crippen LogP contribution in [0.5, 0.6) is 0 Å². The number of aromatic nitrogens is 2. The summed E-state index contributed by atoms with van der Waals surface area (Å²) in [5.74, 6) is 0.668. The second-order valence-corrected chi connectivity index (χ2v) is 7.22. The Kier molecular flexibility index (Phi) is 3.90. The lowest BCUT2D eigenvalue weighted by Gasteiger charge is -2.34. The third kappa shape index (κ3) is 2.33. The van der Waals surface area contributed by atoms with E-state index in [4.69, 9.17) is 10.7 Å². The van der Waals surface area contributed by atoms with Crippen molar-refractivity contribution in [3.63, 3.8) is 0 Å². The summed E-state index contributed by atoms with van der Waals surface area (Å²) in [6, 6.07) is 7.69. The molecule has 7 heteroatoms. The molecule has 6 nitrogen and oxygen atoms in total. The number of quaternary nitrogens is 1. The second kappa shape index (κ2) is 5.62. The van der Waals surface area contributed by atoms with Crippen LogP contribution < -0.4 is 10.2 Å². The van der Waals surface area contributed by atoms with Crippen LogP contribution in [-0.2, 0) is 11.8 Å². The van der Waals surface area contributed by atoms with Crippen molar-refractivity contribution in [2.24, 2.45) is 18.7 Å². The monoisotopic (exact) mass is 376 g/mol. The summed E-state index contributed by atoms with van der Waals surface area (Å²) in [7, 11) is 1.93. The van der Waals surface area contributed by atoms with E-state index in [9.17, 15) is 10.1 Å². The summed E-state index contributed by atoms with van der Waals surface area (Å²) >= 11 is 3.53. The summed E-state index contributed by atoms with van der Waals surface area (Å²) < 4.78 is 3.09. The first-order valence-corrected chi connectivity index (χ1v) is 8.34. The number of hydrogen-bond acceptors (Lipinski definition) is 3. The molecular formula is C16H19BrN5O+. The highest BCUT2D eigenvalue weighted by Gasteiger charge is 2.52. The van der Waals surface area contributed by atoms with Gasteiger partial charge in [0, 0.05) is 23.9 Å². The van der Waals surface area contributed by atoms with Gasteiger partial charge in [0.05, 0.1) is 12.1 Å². The predicted octanol–water partition coefficient (Wildman–Crippen LogP) is 2.06. The van der Waals surface area contributed by atoms with Gasteiger partial charge in [-0.2, -0.15) is 10.2 Å². The fourth-order valence-electron chi connectivity index (χ4n) is 3.86. The van der Waals surface area contributed by atoms with Gasteiger partial charge in [0.2, 0.25) is 0 Å². The zero-order valence-corrected chi connectivity index (χ0v) is 14.7. The zero-order chi connectivity index (χ0) is 16.8. The third-order valence-corrected chi connectivity index (χ3v) is 5.42. The van der Waals surface area contributed by atoms with E-state index < -0.39 is 6.04 Å². The van der Waals surface area contributed by atoms with Crippen molar-refractivity contribution in [1.29, 1.82) is 5.26 Å². The number of nitriles is 1. The minimum absolute atomic E-state index is 0.187. The van der Waals surface area contributed by atoms with E-state index in [1.54, 1.807) is 0 Å². The summed E-state index contributed by atoms with van der Waals surface area (Å²) in [4.78, 5) is 16.8. The first-order valence-electron chi connectivity index (χ1n) is 7.55. The van der Waals surface area contributed by atoms with Crippen LogP contribution in [0.2, 0.25) is 0 Å². The van der Waals surface area contributed by atoms with Crippen molar-refractivity contribution in [3.05, 3.63) is 22.7 Å². The molecule has 3 atom stereocenters. The van der Waals surface area contributed by atoms with Gasteiger partial charge >= 0.3 is 5.95 Å². The summed E-state index contributed by atoms with van der Waals surface area (Å²) in [5.41, 5.74) is 7.47. The molecule has 1 amide bonds. The van der Waals surface area contributed by atoms with E-state index in [1.807, 2.05) is 29.8 Å². The van der Waals surface area contributed by atoms with Gasteiger partial charge in [-0.15, -0.1) is 0 Å². The van der Waals surface area contributed by atoms with Gasteiger partial charge in [0.25, 0.3) is 5.91 Å². The molecule has 2 N–H and O–H groups in total. The van der Waals surface area contributed by atoms with E-state index in [0.29, 0.717) is 18.9 Å². The van der Waals surface area contributed by atoms with E-state index in [0.717, 1.165) is 21.5 Å².